The number of rotatable bonds is 8. The van der Waals surface area contributed by atoms with Crippen molar-refractivity contribution >= 4 is 142 Å². The summed E-state index contributed by atoms with van der Waals surface area (Å²) in [6.45, 7) is 18.8. The van der Waals surface area contributed by atoms with E-state index in [0.717, 1.165) is 89.4 Å². The Bertz CT molecular complexity index is 10100. The number of nitrogens with zero attached hydrogens (tertiary/aromatic N) is 9. The van der Waals surface area contributed by atoms with E-state index in [0.29, 0.717) is 0 Å². The summed E-state index contributed by atoms with van der Waals surface area (Å²) in [5.41, 5.74) is 52.1. The lowest BCUT2D eigenvalue weighted by atomic mass is 9.82. The van der Waals surface area contributed by atoms with Gasteiger partial charge in [-0.15, -0.1) is 11.3 Å². The number of oxazole rings is 2. The monoisotopic (exact) mass is 1920 g/mol. The number of fused-ring (bicyclic) bond motifs is 28. The predicted molar refractivity (Wildman–Crippen MR) is 613 cm³/mol. The zero-order valence-corrected chi connectivity index (χ0v) is 83.7. The molecule has 4 aliphatic rings. The van der Waals surface area contributed by atoms with Crippen LogP contribution in [-0.2, 0) is 21.7 Å². The molecule has 704 valence electrons. The molecule has 148 heavy (non-hydrogen) atoms. The van der Waals surface area contributed by atoms with E-state index in [9.17, 15) is 0 Å². The van der Waals surface area contributed by atoms with Crippen LogP contribution < -0.4 is 0 Å². The summed E-state index contributed by atoms with van der Waals surface area (Å²) in [6, 6.07) is 152. The lowest BCUT2D eigenvalue weighted by molar-refractivity contribution is 0.602. The van der Waals surface area contributed by atoms with E-state index in [4.69, 9.17) is 18.8 Å². The third-order valence-corrected chi connectivity index (χ3v) is 33.4. The molecule has 0 atom stereocenters. The van der Waals surface area contributed by atoms with Gasteiger partial charge in [0.05, 0.1) is 76.8 Å². The number of imidazole rings is 1. The molecule has 0 saturated heterocycles. The molecule has 28 aromatic rings. The molecule has 0 bridgehead atoms. The molecule has 4 aliphatic carbocycles. The van der Waals surface area contributed by atoms with Gasteiger partial charge in [-0.1, -0.05) is 334 Å². The maximum Gasteiger partial charge on any atom is 0.182 e. The average molecular weight is 1920 g/mol. The second-order valence-electron chi connectivity index (χ2n) is 42.1. The first-order valence-corrected chi connectivity index (χ1v) is 51.8. The van der Waals surface area contributed by atoms with Crippen molar-refractivity contribution in [3.05, 3.63) is 488 Å². The Morgan fingerprint density at radius 2 is 0.595 bits per heavy atom. The Morgan fingerprint density at radius 3 is 1.05 bits per heavy atom. The van der Waals surface area contributed by atoms with Crippen LogP contribution in [0.1, 0.15) is 99.9 Å². The smallest absolute Gasteiger partial charge is 0.182 e. The molecule has 0 aliphatic heterocycles. The van der Waals surface area contributed by atoms with Crippen molar-refractivity contribution in [3.63, 3.8) is 0 Å². The van der Waals surface area contributed by atoms with Crippen LogP contribution in [0.2, 0.25) is 0 Å². The van der Waals surface area contributed by atoms with Crippen molar-refractivity contribution in [1.29, 1.82) is 0 Å². The Balaban J connectivity index is 0.0000000930. The highest BCUT2D eigenvalue weighted by atomic mass is 32.1. The maximum absolute atomic E-state index is 5.87. The van der Waals surface area contributed by atoms with Gasteiger partial charge in [0, 0.05) is 87.4 Å². The van der Waals surface area contributed by atoms with Crippen LogP contribution in [0, 0.1) is 0 Å². The van der Waals surface area contributed by atoms with Gasteiger partial charge in [-0.2, -0.15) is 0 Å². The van der Waals surface area contributed by atoms with Crippen molar-refractivity contribution in [2.24, 2.45) is 0 Å². The Kier molecular flexibility index (Phi) is 19.1. The summed E-state index contributed by atoms with van der Waals surface area (Å²) in [5.74, 6) is 0. The first-order chi connectivity index (χ1) is 72.4. The molecule has 12 heteroatoms. The molecule has 0 radical (unpaired) electrons. The number of hydrogen-bond acceptors (Lipinski definition) is 7. The molecule has 8 heterocycles. The van der Waals surface area contributed by atoms with Gasteiger partial charge in [0.25, 0.3) is 0 Å². The summed E-state index contributed by atoms with van der Waals surface area (Å²) in [5, 5.41) is 10.2. The zero-order chi connectivity index (χ0) is 98.9. The SMILES string of the molecule is CC1(C)c2ccccc2-c2cc3c(cc21)c1ccccc1n3-c1cc(-c2ccccc2)c2ocnc2c1.CC1(C)c2ccccc2-c2cc3c(cc21)c1ccccc1n3-c1cc(-c2ccccc2)cc2ocnc12.CC1(C)c2ccccc2-c2cc3c(cc21)c1ccccc1n3-c1cc(-c2ccccc2)cc2scnc12.CC1(C)c2ccccc2-c2cc3c(cc21)c1ccccc1n3-c1ccc2c(c1)ncn2-c1ccccc1. The largest absolute Gasteiger partial charge is 0.443 e. The van der Waals surface area contributed by atoms with E-state index in [2.05, 4.69) is 489 Å². The molecule has 11 nitrogen and oxygen atoms in total. The highest BCUT2D eigenvalue weighted by Gasteiger charge is 2.42. The minimum atomic E-state index is -0.0457. The highest BCUT2D eigenvalue weighted by Crippen LogP contribution is 2.58. The fraction of sp³-hybridized carbons (Fsp3) is 0.0882. The zero-order valence-electron chi connectivity index (χ0n) is 82.9. The third-order valence-electron chi connectivity index (χ3n) is 32.6. The van der Waals surface area contributed by atoms with Crippen LogP contribution >= 0.6 is 11.3 Å². The number of aromatic nitrogens is 9. The number of hydrogen-bond donors (Lipinski definition) is 0. The Hall–Kier alpha value is -18.1. The van der Waals surface area contributed by atoms with Crippen molar-refractivity contribution in [2.75, 3.05) is 0 Å². The maximum atomic E-state index is 5.87. The van der Waals surface area contributed by atoms with Crippen LogP contribution in [0.5, 0.6) is 0 Å². The van der Waals surface area contributed by atoms with Crippen molar-refractivity contribution in [2.45, 2.75) is 77.0 Å². The standard InChI is InChI=1S/C34H25N3.2C34H24N2O.C34H24N2S/c1-34(2)28-14-8-6-12-24(28)26-20-33-27(19-29(26)34)25-13-7-9-15-31(25)37(33)23-16-17-32-30(18-23)35-21-36(32)22-10-4-3-5-11-22;1-34(2)28-14-8-6-12-23(28)26-19-32-27(18-29(26)34)24-13-7-9-15-31(24)36(32)22-16-25(21-10-4-3-5-11-21)33-30(17-22)35-20-37-33;2*1-34(2)27-14-8-6-12-23(27)25-19-30-26(18-28(25)34)24-13-7-9-15-29(24)36(30)31-16-22(21-10-4-3-5-11-21)17-32-33(31)35-20-37-32/h3-21H,1-2H3;3*3-20H,1-2H3. The van der Waals surface area contributed by atoms with E-state index >= 15 is 0 Å². The molecule has 0 fully saturated rings. The number of thiazole rings is 1. The summed E-state index contributed by atoms with van der Waals surface area (Å²) in [4.78, 5) is 18.9. The number of para-hydroxylation sites is 5. The van der Waals surface area contributed by atoms with Gasteiger partial charge < -0.3 is 27.1 Å². The molecule has 0 N–H and O–H groups in total. The van der Waals surface area contributed by atoms with Crippen LogP contribution in [0.3, 0.4) is 0 Å². The highest BCUT2D eigenvalue weighted by molar-refractivity contribution is 7.16. The van der Waals surface area contributed by atoms with Gasteiger partial charge in [-0.3, -0.25) is 4.57 Å². The topological polar surface area (TPSA) is 102 Å². The predicted octanol–water partition coefficient (Wildman–Crippen LogP) is 35.6. The molecule has 0 spiro atoms. The molecular formula is C136H97N9O2S. The molecule has 0 amide bonds. The minimum absolute atomic E-state index is 0.0213. The third kappa shape index (κ3) is 13.0. The van der Waals surface area contributed by atoms with Gasteiger partial charge in [0.2, 0.25) is 0 Å². The van der Waals surface area contributed by atoms with Gasteiger partial charge >= 0.3 is 0 Å². The normalized spacial score (nSPS) is 13.9. The molecule has 32 rings (SSSR count). The molecule has 8 aromatic heterocycles. The van der Waals surface area contributed by atoms with Gasteiger partial charge in [-0.25, -0.2) is 19.9 Å². The average Bonchev–Trinajstić information content (AvgIpc) is 1.55. The van der Waals surface area contributed by atoms with Gasteiger partial charge in [-0.05, 0) is 256 Å². The first kappa shape index (κ1) is 86.6. The lowest BCUT2D eigenvalue weighted by Crippen LogP contribution is -2.14. The summed E-state index contributed by atoms with van der Waals surface area (Å²) < 4.78 is 24.7. The Labute approximate surface area is 858 Å². The van der Waals surface area contributed by atoms with E-state index in [1.54, 1.807) is 24.1 Å². The molecule has 20 aromatic carbocycles. The molecule has 0 saturated carbocycles. The van der Waals surface area contributed by atoms with Gasteiger partial charge in [0.15, 0.2) is 24.0 Å². The lowest BCUT2D eigenvalue weighted by Gasteiger charge is -2.21. The minimum Gasteiger partial charge on any atom is -0.443 e. The summed E-state index contributed by atoms with van der Waals surface area (Å²) in [7, 11) is 0. The fourth-order valence-corrected chi connectivity index (χ4v) is 26.1. The van der Waals surface area contributed by atoms with Crippen molar-refractivity contribution in [1.82, 2.24) is 42.8 Å². The molecule has 0 unspecified atom stereocenters. The van der Waals surface area contributed by atoms with Crippen molar-refractivity contribution in [3.8, 4) is 106 Å². The second-order valence-corrected chi connectivity index (χ2v) is 42.9. The van der Waals surface area contributed by atoms with E-state index in [1.807, 2.05) is 30.0 Å². The van der Waals surface area contributed by atoms with Crippen LogP contribution in [0.25, 0.3) is 237 Å². The Morgan fingerprint density at radius 1 is 0.223 bits per heavy atom. The van der Waals surface area contributed by atoms with Crippen LogP contribution in [-0.4, -0.2) is 42.8 Å². The summed E-state index contributed by atoms with van der Waals surface area (Å²) in [6.07, 6.45) is 5.01. The second kappa shape index (κ2) is 32.7. The van der Waals surface area contributed by atoms with Crippen LogP contribution in [0.15, 0.2) is 452 Å². The van der Waals surface area contributed by atoms with Gasteiger partial charge in [0.1, 0.15) is 22.9 Å². The van der Waals surface area contributed by atoms with E-state index in [1.165, 1.54) is 192 Å². The summed E-state index contributed by atoms with van der Waals surface area (Å²) >= 11 is 1.70. The quantitative estimate of drug-likeness (QED) is 0.150. The van der Waals surface area contributed by atoms with Crippen molar-refractivity contribution < 1.29 is 8.83 Å². The molecular weight excluding hydrogens is 1820 g/mol. The first-order valence-electron chi connectivity index (χ1n) is 51.0. The fourth-order valence-electron chi connectivity index (χ4n) is 25.4. The van der Waals surface area contributed by atoms with E-state index < -0.39 is 0 Å². The van der Waals surface area contributed by atoms with Crippen LogP contribution in [0.4, 0.5) is 0 Å². The van der Waals surface area contributed by atoms with E-state index in [-0.39, 0.29) is 21.7 Å². The number of benzene rings is 20.